The van der Waals surface area contributed by atoms with E-state index >= 15 is 0 Å². The molecular formula is C33H40N8O2. The lowest BCUT2D eigenvalue weighted by atomic mass is 9.98. The van der Waals surface area contributed by atoms with E-state index in [0.29, 0.717) is 11.5 Å². The van der Waals surface area contributed by atoms with Gasteiger partial charge < -0.3 is 34.3 Å². The van der Waals surface area contributed by atoms with Crippen molar-refractivity contribution in [1.82, 2.24) is 24.0 Å². The number of rotatable bonds is 6. The van der Waals surface area contributed by atoms with Gasteiger partial charge in [0.1, 0.15) is 23.1 Å². The molecule has 224 valence electrons. The lowest BCUT2D eigenvalue weighted by Gasteiger charge is -2.33. The highest BCUT2D eigenvalue weighted by molar-refractivity contribution is 5.75. The molecule has 0 radical (unpaired) electrons. The zero-order chi connectivity index (χ0) is 29.5. The molecular weight excluding hydrogens is 540 g/mol. The summed E-state index contributed by atoms with van der Waals surface area (Å²) in [5, 5.41) is 13.9. The van der Waals surface area contributed by atoms with E-state index in [-0.39, 0.29) is 12.2 Å². The summed E-state index contributed by atoms with van der Waals surface area (Å²) < 4.78 is 4.09. The lowest BCUT2D eigenvalue weighted by molar-refractivity contribution is 0.282. The maximum Gasteiger partial charge on any atom is 0.274 e. The molecule has 0 aromatic carbocycles. The van der Waals surface area contributed by atoms with Crippen LogP contribution in [0.3, 0.4) is 0 Å². The van der Waals surface area contributed by atoms with Crippen molar-refractivity contribution in [3.8, 4) is 11.1 Å². The van der Waals surface area contributed by atoms with E-state index in [1.807, 2.05) is 42.7 Å². The van der Waals surface area contributed by atoms with Crippen LogP contribution in [0.4, 0.5) is 23.1 Å². The highest BCUT2D eigenvalue weighted by atomic mass is 16.3. The standard InChI is InChI=1S/C33H40N8O2/c1-37-12-14-39(15-13-37)31-9-5-8-30(36-31)35-28-19-24(20-38(2)33(28)43)26-10-11-34-32(27(26)22-42)40-16-17-41-25(21-40)18-23-6-3-4-7-29(23)41/h5,8-11,18-20,42H,3-4,6-7,12-17,21-22H2,1-2H3,(H,35,36). The van der Waals surface area contributed by atoms with Crippen LogP contribution in [-0.2, 0) is 39.6 Å². The molecule has 1 fully saturated rings. The Labute approximate surface area is 252 Å². The van der Waals surface area contributed by atoms with Gasteiger partial charge in [-0.3, -0.25) is 4.79 Å². The monoisotopic (exact) mass is 580 g/mol. The number of nitrogens with zero attached hydrogens (tertiary/aromatic N) is 7. The minimum Gasteiger partial charge on any atom is -0.392 e. The summed E-state index contributed by atoms with van der Waals surface area (Å²) in [5.41, 5.74) is 7.11. The Morgan fingerprint density at radius 1 is 0.953 bits per heavy atom. The highest BCUT2D eigenvalue weighted by Gasteiger charge is 2.26. The molecule has 0 unspecified atom stereocenters. The number of hydrogen-bond acceptors (Lipinski definition) is 8. The van der Waals surface area contributed by atoms with Crippen LogP contribution >= 0.6 is 0 Å². The zero-order valence-electron chi connectivity index (χ0n) is 25.1. The van der Waals surface area contributed by atoms with Crippen LogP contribution in [-0.4, -0.2) is 68.9 Å². The smallest absolute Gasteiger partial charge is 0.274 e. The van der Waals surface area contributed by atoms with Gasteiger partial charge in [0.05, 0.1) is 13.2 Å². The van der Waals surface area contributed by atoms with E-state index in [1.165, 1.54) is 42.6 Å². The first-order valence-electron chi connectivity index (χ1n) is 15.4. The molecule has 3 aliphatic rings. The van der Waals surface area contributed by atoms with Gasteiger partial charge in [-0.05, 0) is 74.2 Å². The number of aliphatic hydroxyl groups excluding tert-OH is 1. The number of likely N-dealkylation sites (N-methyl/N-ethyl adjacent to an activating group) is 1. The molecule has 0 spiro atoms. The Morgan fingerprint density at radius 3 is 2.60 bits per heavy atom. The number of aryl methyl sites for hydroxylation is 2. The maximum absolute atomic E-state index is 13.2. The Morgan fingerprint density at radius 2 is 1.77 bits per heavy atom. The number of nitrogens with one attached hydrogen (secondary N) is 1. The predicted molar refractivity (Wildman–Crippen MR) is 170 cm³/mol. The van der Waals surface area contributed by atoms with Gasteiger partial charge in [-0.2, -0.15) is 0 Å². The number of hydrogen-bond donors (Lipinski definition) is 2. The number of piperazine rings is 1. The van der Waals surface area contributed by atoms with Gasteiger partial charge in [0.2, 0.25) is 0 Å². The minimum atomic E-state index is -0.146. The van der Waals surface area contributed by atoms with Gasteiger partial charge in [0.25, 0.3) is 5.56 Å². The first-order chi connectivity index (χ1) is 21.0. The largest absolute Gasteiger partial charge is 0.392 e. The van der Waals surface area contributed by atoms with E-state index in [4.69, 9.17) is 9.97 Å². The number of aromatic nitrogens is 4. The molecule has 0 amide bonds. The van der Waals surface area contributed by atoms with Gasteiger partial charge in [-0.1, -0.05) is 6.07 Å². The fraction of sp³-hybridized carbons (Fsp3) is 0.424. The third-order valence-electron chi connectivity index (χ3n) is 9.25. The Kier molecular flexibility index (Phi) is 7.40. The molecule has 6 heterocycles. The molecule has 10 nitrogen and oxygen atoms in total. The zero-order valence-corrected chi connectivity index (χ0v) is 25.1. The summed E-state index contributed by atoms with van der Waals surface area (Å²) in [7, 11) is 3.89. The Bertz CT molecular complexity index is 1700. The summed E-state index contributed by atoms with van der Waals surface area (Å²) in [5.74, 6) is 2.33. The molecule has 0 saturated carbocycles. The fourth-order valence-electron chi connectivity index (χ4n) is 6.89. The second kappa shape index (κ2) is 11.5. The average Bonchev–Trinajstić information content (AvgIpc) is 3.41. The van der Waals surface area contributed by atoms with Crippen molar-refractivity contribution in [2.75, 3.05) is 54.9 Å². The number of aliphatic hydroxyl groups is 1. The van der Waals surface area contributed by atoms with E-state index in [1.54, 1.807) is 11.6 Å². The summed E-state index contributed by atoms with van der Waals surface area (Å²) in [4.78, 5) is 29.7. The summed E-state index contributed by atoms with van der Waals surface area (Å²) in [6, 6.07) is 12.0. The molecule has 1 aliphatic carbocycles. The topological polar surface area (TPSA) is 94.7 Å². The van der Waals surface area contributed by atoms with Crippen molar-refractivity contribution < 1.29 is 5.11 Å². The van der Waals surface area contributed by atoms with Crippen LogP contribution in [0.1, 0.15) is 35.4 Å². The van der Waals surface area contributed by atoms with Crippen LogP contribution in [0.15, 0.2) is 53.6 Å². The maximum atomic E-state index is 13.2. The third kappa shape index (κ3) is 5.29. The van der Waals surface area contributed by atoms with Gasteiger partial charge >= 0.3 is 0 Å². The van der Waals surface area contributed by atoms with Crippen molar-refractivity contribution in [3.63, 3.8) is 0 Å². The van der Waals surface area contributed by atoms with Crippen LogP contribution in [0.2, 0.25) is 0 Å². The number of anilines is 4. The second-order valence-corrected chi connectivity index (χ2v) is 12.1. The Hall–Kier alpha value is -4.15. The second-order valence-electron chi connectivity index (χ2n) is 12.1. The molecule has 0 bridgehead atoms. The molecule has 4 aromatic rings. The molecule has 7 rings (SSSR count). The third-order valence-corrected chi connectivity index (χ3v) is 9.25. The molecule has 4 aromatic heterocycles. The first kappa shape index (κ1) is 27.7. The number of pyridine rings is 3. The molecule has 10 heteroatoms. The van der Waals surface area contributed by atoms with Crippen molar-refractivity contribution in [3.05, 3.63) is 81.7 Å². The summed E-state index contributed by atoms with van der Waals surface area (Å²) in [6.45, 7) is 6.22. The number of fused-ring (bicyclic) bond motifs is 3. The molecule has 43 heavy (non-hydrogen) atoms. The lowest BCUT2D eigenvalue weighted by Crippen LogP contribution is -2.44. The first-order valence-corrected chi connectivity index (χ1v) is 15.4. The molecule has 2 N–H and O–H groups in total. The van der Waals surface area contributed by atoms with E-state index in [0.717, 1.165) is 74.1 Å². The van der Waals surface area contributed by atoms with Gasteiger partial charge in [-0.15, -0.1) is 0 Å². The van der Waals surface area contributed by atoms with Gasteiger partial charge in [-0.25, -0.2) is 9.97 Å². The normalized spacial score (nSPS) is 17.1. The fourth-order valence-corrected chi connectivity index (χ4v) is 6.89. The molecule has 0 atom stereocenters. The average molecular weight is 581 g/mol. The van der Waals surface area contributed by atoms with Crippen molar-refractivity contribution in [2.24, 2.45) is 7.05 Å². The Balaban J connectivity index is 1.18. The van der Waals surface area contributed by atoms with Crippen molar-refractivity contribution in [2.45, 2.75) is 45.4 Å². The summed E-state index contributed by atoms with van der Waals surface area (Å²) >= 11 is 0. The van der Waals surface area contributed by atoms with Crippen LogP contribution < -0.4 is 20.7 Å². The van der Waals surface area contributed by atoms with Crippen LogP contribution in [0.25, 0.3) is 11.1 Å². The van der Waals surface area contributed by atoms with E-state index < -0.39 is 0 Å². The SMILES string of the molecule is CN1CCN(c2cccc(Nc3cc(-c4ccnc(N5CCn6c(cc7c6CCCC7)C5)c4CO)cn(C)c3=O)n2)CC1. The summed E-state index contributed by atoms with van der Waals surface area (Å²) in [6.07, 6.45) is 8.52. The molecule has 2 aliphatic heterocycles. The van der Waals surface area contributed by atoms with Crippen molar-refractivity contribution in [1.29, 1.82) is 0 Å². The predicted octanol–water partition coefficient (Wildman–Crippen LogP) is 3.53. The van der Waals surface area contributed by atoms with Crippen molar-refractivity contribution >= 4 is 23.1 Å². The van der Waals surface area contributed by atoms with E-state index in [2.05, 4.69) is 37.7 Å². The van der Waals surface area contributed by atoms with Gasteiger partial charge in [0.15, 0.2) is 0 Å². The van der Waals surface area contributed by atoms with E-state index in [9.17, 15) is 9.90 Å². The van der Waals surface area contributed by atoms with Gasteiger partial charge in [0, 0.05) is 81.2 Å². The van der Waals surface area contributed by atoms with Crippen LogP contribution in [0.5, 0.6) is 0 Å². The van der Waals surface area contributed by atoms with Crippen LogP contribution in [0, 0.1) is 0 Å². The molecule has 1 saturated heterocycles. The minimum absolute atomic E-state index is 0.142. The highest BCUT2D eigenvalue weighted by Crippen LogP contribution is 2.34. The quantitative estimate of drug-likeness (QED) is 0.358.